The van der Waals surface area contributed by atoms with Gasteiger partial charge in [-0.05, 0) is 30.2 Å². The zero-order valence-corrected chi connectivity index (χ0v) is 10.7. The van der Waals surface area contributed by atoms with Crippen LogP contribution >= 0.6 is 0 Å². The Morgan fingerprint density at radius 1 is 1.37 bits per heavy atom. The third-order valence-electron chi connectivity index (χ3n) is 3.00. The average Bonchev–Trinajstić information content (AvgIpc) is 2.84. The molecule has 1 heterocycles. The summed E-state index contributed by atoms with van der Waals surface area (Å²) < 4.78 is 5.21. The second-order valence-corrected chi connectivity index (χ2v) is 4.50. The maximum Gasteiger partial charge on any atom is 0.216 e. The molecule has 3 N–H and O–H groups in total. The number of rotatable bonds is 5. The van der Waals surface area contributed by atoms with E-state index in [9.17, 15) is 15.0 Å². The molecular formula is C14H17NO4. The summed E-state index contributed by atoms with van der Waals surface area (Å²) in [6, 6.07) is 7.06. The van der Waals surface area contributed by atoms with Gasteiger partial charge in [0, 0.05) is 18.9 Å². The second-order valence-electron chi connectivity index (χ2n) is 4.50. The fraction of sp³-hybridized carbons (Fsp3) is 0.357. The Hall–Kier alpha value is -1.85. The Kier molecular flexibility index (Phi) is 4.19. The molecule has 0 aliphatic rings. The van der Waals surface area contributed by atoms with Crippen LogP contribution in [0.1, 0.15) is 25.0 Å². The summed E-state index contributed by atoms with van der Waals surface area (Å²) in [5, 5.41) is 23.4. The molecule has 0 aliphatic carbocycles. The van der Waals surface area contributed by atoms with Crippen LogP contribution in [0, 0.1) is 0 Å². The number of fused-ring (bicyclic) bond motifs is 1. The molecule has 2 atom stereocenters. The maximum atomic E-state index is 10.7. The van der Waals surface area contributed by atoms with Crippen LogP contribution < -0.4 is 5.32 Å². The molecule has 0 bridgehead atoms. The number of hydrogen-bond donors (Lipinski definition) is 3. The monoisotopic (exact) mass is 263 g/mol. The maximum absolute atomic E-state index is 10.7. The van der Waals surface area contributed by atoms with E-state index in [-0.39, 0.29) is 5.91 Å². The molecule has 0 saturated carbocycles. The van der Waals surface area contributed by atoms with Crippen molar-refractivity contribution in [3.63, 3.8) is 0 Å². The quantitative estimate of drug-likeness (QED) is 0.760. The summed E-state index contributed by atoms with van der Waals surface area (Å²) in [4.78, 5) is 10.7. The summed E-state index contributed by atoms with van der Waals surface area (Å²) in [7, 11) is 0. The zero-order valence-electron chi connectivity index (χ0n) is 10.7. The van der Waals surface area contributed by atoms with Gasteiger partial charge in [-0.3, -0.25) is 4.79 Å². The van der Waals surface area contributed by atoms with Crippen LogP contribution in [0.3, 0.4) is 0 Å². The lowest BCUT2D eigenvalue weighted by atomic mass is 10.0. The van der Waals surface area contributed by atoms with E-state index < -0.39 is 12.2 Å². The Balaban J connectivity index is 2.01. The largest absolute Gasteiger partial charge is 0.464 e. The molecule has 19 heavy (non-hydrogen) atoms. The van der Waals surface area contributed by atoms with Gasteiger partial charge in [-0.15, -0.1) is 0 Å². The number of carbonyl (C=O) groups is 1. The third-order valence-corrected chi connectivity index (χ3v) is 3.00. The van der Waals surface area contributed by atoms with Crippen LogP contribution in [-0.4, -0.2) is 28.8 Å². The van der Waals surface area contributed by atoms with E-state index in [4.69, 9.17) is 4.42 Å². The summed E-state index contributed by atoms with van der Waals surface area (Å²) in [6.45, 7) is 1.75. The minimum absolute atomic E-state index is 0.151. The molecule has 2 rings (SSSR count). The Labute approximate surface area is 110 Å². The number of benzene rings is 1. The van der Waals surface area contributed by atoms with Crippen LogP contribution in [0.15, 0.2) is 34.9 Å². The molecule has 2 aromatic rings. The highest BCUT2D eigenvalue weighted by Crippen LogP contribution is 2.24. The first-order valence-electron chi connectivity index (χ1n) is 6.15. The number of carbonyl (C=O) groups excluding carboxylic acids is 1. The summed E-state index contributed by atoms with van der Waals surface area (Å²) >= 11 is 0. The van der Waals surface area contributed by atoms with Gasteiger partial charge in [-0.25, -0.2) is 0 Å². The minimum Gasteiger partial charge on any atom is -0.464 e. The van der Waals surface area contributed by atoms with Crippen molar-refractivity contribution in [2.24, 2.45) is 0 Å². The van der Waals surface area contributed by atoms with Crippen LogP contribution in [0.2, 0.25) is 0 Å². The zero-order chi connectivity index (χ0) is 13.8. The predicted octanol–water partition coefficient (Wildman–Crippen LogP) is 1.35. The van der Waals surface area contributed by atoms with Crippen molar-refractivity contribution in [2.45, 2.75) is 25.6 Å². The molecule has 0 fully saturated rings. The van der Waals surface area contributed by atoms with Crippen molar-refractivity contribution in [1.29, 1.82) is 0 Å². The highest BCUT2D eigenvalue weighted by Gasteiger charge is 2.18. The van der Waals surface area contributed by atoms with Crippen molar-refractivity contribution >= 4 is 16.9 Å². The molecule has 1 amide bonds. The number of nitrogens with one attached hydrogen (secondary N) is 1. The molecular weight excluding hydrogens is 246 g/mol. The van der Waals surface area contributed by atoms with Crippen LogP contribution in [0.4, 0.5) is 0 Å². The van der Waals surface area contributed by atoms with E-state index in [1.807, 2.05) is 0 Å². The first kappa shape index (κ1) is 13.6. The number of aliphatic hydroxyl groups is 2. The normalized spacial score (nSPS) is 14.3. The SMILES string of the molecule is CC(=O)NCCC(O)C(O)c1ccc2occc2c1. The third kappa shape index (κ3) is 3.33. The second kappa shape index (κ2) is 5.86. The number of furan rings is 1. The predicted molar refractivity (Wildman–Crippen MR) is 70.5 cm³/mol. The van der Waals surface area contributed by atoms with Crippen LogP contribution in [0.5, 0.6) is 0 Å². The Morgan fingerprint density at radius 2 is 2.16 bits per heavy atom. The lowest BCUT2D eigenvalue weighted by Crippen LogP contribution is -2.27. The lowest BCUT2D eigenvalue weighted by Gasteiger charge is -2.18. The Morgan fingerprint density at radius 3 is 2.89 bits per heavy atom. The van der Waals surface area contributed by atoms with E-state index in [0.29, 0.717) is 18.5 Å². The van der Waals surface area contributed by atoms with Gasteiger partial charge < -0.3 is 19.9 Å². The Bertz CT molecular complexity index is 563. The first-order valence-corrected chi connectivity index (χ1v) is 6.15. The molecule has 102 valence electrons. The molecule has 2 unspecified atom stereocenters. The van der Waals surface area contributed by atoms with Gasteiger partial charge in [0.25, 0.3) is 0 Å². The van der Waals surface area contributed by atoms with Gasteiger partial charge in [0.15, 0.2) is 0 Å². The molecule has 5 nitrogen and oxygen atoms in total. The molecule has 1 aromatic carbocycles. The molecule has 1 aromatic heterocycles. The standard InChI is InChI=1S/C14H17NO4/c1-9(16)15-6-4-12(17)14(18)11-2-3-13-10(8-11)5-7-19-13/h2-3,5,7-8,12,14,17-18H,4,6H2,1H3,(H,15,16). The van der Waals surface area contributed by atoms with Gasteiger partial charge >= 0.3 is 0 Å². The highest BCUT2D eigenvalue weighted by molar-refractivity contribution is 5.77. The van der Waals surface area contributed by atoms with E-state index in [1.54, 1.807) is 30.5 Å². The van der Waals surface area contributed by atoms with Crippen LogP contribution in [-0.2, 0) is 4.79 Å². The number of hydrogen-bond acceptors (Lipinski definition) is 4. The minimum atomic E-state index is -0.979. The lowest BCUT2D eigenvalue weighted by molar-refractivity contribution is -0.119. The summed E-state index contributed by atoms with van der Waals surface area (Å²) in [6.07, 6.45) is -0.0256. The summed E-state index contributed by atoms with van der Waals surface area (Å²) in [5.74, 6) is -0.151. The van der Waals surface area contributed by atoms with E-state index in [0.717, 1.165) is 11.0 Å². The number of aliphatic hydroxyl groups excluding tert-OH is 2. The van der Waals surface area contributed by atoms with Crippen molar-refractivity contribution < 1.29 is 19.4 Å². The highest BCUT2D eigenvalue weighted by atomic mass is 16.3. The summed E-state index contributed by atoms with van der Waals surface area (Å²) in [5.41, 5.74) is 1.37. The van der Waals surface area contributed by atoms with Crippen molar-refractivity contribution in [2.75, 3.05) is 6.54 Å². The van der Waals surface area contributed by atoms with Crippen molar-refractivity contribution in [3.8, 4) is 0 Å². The fourth-order valence-electron chi connectivity index (χ4n) is 1.95. The van der Waals surface area contributed by atoms with Gasteiger partial charge in [0.1, 0.15) is 11.7 Å². The molecule has 0 saturated heterocycles. The molecule has 5 heteroatoms. The van der Waals surface area contributed by atoms with Gasteiger partial charge in [-0.1, -0.05) is 6.07 Å². The van der Waals surface area contributed by atoms with Gasteiger partial charge in [0.05, 0.1) is 12.4 Å². The fourth-order valence-corrected chi connectivity index (χ4v) is 1.95. The van der Waals surface area contributed by atoms with Crippen molar-refractivity contribution in [3.05, 3.63) is 36.1 Å². The average molecular weight is 263 g/mol. The molecule has 0 aliphatic heterocycles. The molecule has 0 spiro atoms. The number of amides is 1. The van der Waals surface area contributed by atoms with Gasteiger partial charge in [-0.2, -0.15) is 0 Å². The molecule has 0 radical (unpaired) electrons. The smallest absolute Gasteiger partial charge is 0.216 e. The van der Waals surface area contributed by atoms with E-state index in [2.05, 4.69) is 5.32 Å². The first-order chi connectivity index (χ1) is 9.08. The topological polar surface area (TPSA) is 82.7 Å². The van der Waals surface area contributed by atoms with Crippen molar-refractivity contribution in [1.82, 2.24) is 5.32 Å². The van der Waals surface area contributed by atoms with Crippen LogP contribution in [0.25, 0.3) is 11.0 Å². The van der Waals surface area contributed by atoms with E-state index in [1.165, 1.54) is 6.92 Å². The van der Waals surface area contributed by atoms with Gasteiger partial charge in [0.2, 0.25) is 5.91 Å². The van der Waals surface area contributed by atoms with E-state index >= 15 is 0 Å².